The second-order valence-electron chi connectivity index (χ2n) is 2.35. The Morgan fingerprint density at radius 3 is 2.00 bits per heavy atom. The minimum absolute atomic E-state index is 0.926. The molecule has 0 saturated heterocycles. The van der Waals surface area contributed by atoms with Gasteiger partial charge in [-0.25, -0.2) is 0 Å². The Kier molecular flexibility index (Phi) is 3.55. The van der Waals surface area contributed by atoms with Crippen LogP contribution in [0.2, 0.25) is 0 Å². The molecule has 0 amide bonds. The minimum Gasteiger partial charge on any atom is -0.388 e. The van der Waals surface area contributed by atoms with Crippen LogP contribution < -0.4 is 5.32 Å². The van der Waals surface area contributed by atoms with Crippen molar-refractivity contribution in [1.29, 1.82) is 0 Å². The summed E-state index contributed by atoms with van der Waals surface area (Å²) in [5, 5.41) is 2.97. The standard InChI is InChI=1S/C9H15N/c1-6-9(7(2)3)8(4)10-5/h6,10H,1,4H2,2-3,5H3. The summed E-state index contributed by atoms with van der Waals surface area (Å²) < 4.78 is 0. The Hall–Kier alpha value is -0.980. The van der Waals surface area contributed by atoms with E-state index in [4.69, 9.17) is 0 Å². The van der Waals surface area contributed by atoms with Crippen molar-refractivity contribution >= 4 is 0 Å². The molecule has 0 unspecified atom stereocenters. The van der Waals surface area contributed by atoms with Crippen molar-refractivity contribution in [2.75, 3.05) is 7.05 Å². The van der Waals surface area contributed by atoms with Gasteiger partial charge >= 0.3 is 0 Å². The topological polar surface area (TPSA) is 12.0 Å². The van der Waals surface area contributed by atoms with Gasteiger partial charge in [0.25, 0.3) is 0 Å². The predicted octanol–water partition coefficient (Wildman–Crippen LogP) is 2.24. The third-order valence-electron chi connectivity index (χ3n) is 1.37. The highest BCUT2D eigenvalue weighted by molar-refractivity contribution is 5.38. The maximum atomic E-state index is 3.83. The minimum atomic E-state index is 0.926. The molecule has 0 spiro atoms. The van der Waals surface area contributed by atoms with Crippen LogP contribution in [0.25, 0.3) is 0 Å². The second kappa shape index (κ2) is 3.94. The molecule has 0 saturated carbocycles. The largest absolute Gasteiger partial charge is 0.388 e. The fourth-order valence-electron chi connectivity index (χ4n) is 0.764. The number of hydrogen-bond donors (Lipinski definition) is 1. The van der Waals surface area contributed by atoms with E-state index >= 15 is 0 Å². The third kappa shape index (κ3) is 2.09. The highest BCUT2D eigenvalue weighted by Gasteiger charge is 1.95. The van der Waals surface area contributed by atoms with E-state index in [9.17, 15) is 0 Å². The van der Waals surface area contributed by atoms with Crippen LogP contribution in [0.1, 0.15) is 13.8 Å². The zero-order valence-corrected chi connectivity index (χ0v) is 6.99. The maximum Gasteiger partial charge on any atom is 0.0337 e. The molecule has 1 nitrogen and oxygen atoms in total. The van der Waals surface area contributed by atoms with E-state index in [2.05, 4.69) is 18.5 Å². The Labute approximate surface area is 63.1 Å². The van der Waals surface area contributed by atoms with Crippen molar-refractivity contribution in [2.45, 2.75) is 13.8 Å². The lowest BCUT2D eigenvalue weighted by molar-refractivity contribution is 1.01. The van der Waals surface area contributed by atoms with E-state index in [1.54, 1.807) is 0 Å². The SMILES string of the molecule is C=CC(C(=C)NC)=C(C)C. The van der Waals surface area contributed by atoms with E-state index in [1.165, 1.54) is 5.57 Å². The van der Waals surface area contributed by atoms with Gasteiger partial charge in [-0.15, -0.1) is 0 Å². The van der Waals surface area contributed by atoms with Crippen LogP contribution in [0.5, 0.6) is 0 Å². The maximum absolute atomic E-state index is 3.83. The number of allylic oxidation sites excluding steroid dienone is 2. The van der Waals surface area contributed by atoms with Crippen molar-refractivity contribution in [3.8, 4) is 0 Å². The lowest BCUT2D eigenvalue weighted by Gasteiger charge is -2.06. The van der Waals surface area contributed by atoms with Crippen molar-refractivity contribution < 1.29 is 0 Å². The number of hydrogen-bond acceptors (Lipinski definition) is 1. The van der Waals surface area contributed by atoms with Gasteiger partial charge in [-0.1, -0.05) is 24.8 Å². The first kappa shape index (κ1) is 9.02. The first-order valence-electron chi connectivity index (χ1n) is 3.30. The van der Waals surface area contributed by atoms with Crippen LogP contribution in [-0.2, 0) is 0 Å². The Bertz CT molecular complexity index is 171. The van der Waals surface area contributed by atoms with E-state index in [0.717, 1.165) is 11.3 Å². The first-order valence-corrected chi connectivity index (χ1v) is 3.30. The fraction of sp³-hybridized carbons (Fsp3) is 0.333. The summed E-state index contributed by atoms with van der Waals surface area (Å²) in [4.78, 5) is 0. The van der Waals surface area contributed by atoms with Crippen LogP contribution in [0.3, 0.4) is 0 Å². The van der Waals surface area contributed by atoms with Crippen LogP contribution in [0, 0.1) is 0 Å². The van der Waals surface area contributed by atoms with Gasteiger partial charge in [0.1, 0.15) is 0 Å². The zero-order chi connectivity index (χ0) is 8.15. The molecule has 0 aliphatic heterocycles. The molecule has 0 heterocycles. The summed E-state index contributed by atoms with van der Waals surface area (Å²) in [6, 6.07) is 0. The molecular formula is C9H15N. The molecule has 0 aromatic carbocycles. The smallest absolute Gasteiger partial charge is 0.0337 e. The summed E-state index contributed by atoms with van der Waals surface area (Å²) in [7, 11) is 1.86. The average molecular weight is 137 g/mol. The van der Waals surface area contributed by atoms with Gasteiger partial charge in [0.15, 0.2) is 0 Å². The summed E-state index contributed by atoms with van der Waals surface area (Å²) in [5.41, 5.74) is 3.26. The quantitative estimate of drug-likeness (QED) is 0.588. The average Bonchev–Trinajstić information content (AvgIpc) is 1.88. The third-order valence-corrected chi connectivity index (χ3v) is 1.37. The number of likely N-dealkylation sites (N-methyl/N-ethyl adjacent to an activating group) is 1. The zero-order valence-electron chi connectivity index (χ0n) is 6.99. The molecular weight excluding hydrogens is 122 g/mol. The van der Waals surface area contributed by atoms with Crippen LogP contribution in [-0.4, -0.2) is 7.05 Å². The predicted molar refractivity (Wildman–Crippen MR) is 46.8 cm³/mol. The van der Waals surface area contributed by atoms with Gasteiger partial charge < -0.3 is 5.32 Å². The molecule has 1 N–H and O–H groups in total. The van der Waals surface area contributed by atoms with Crippen LogP contribution >= 0.6 is 0 Å². The molecule has 0 aliphatic rings. The first-order chi connectivity index (χ1) is 4.63. The van der Waals surface area contributed by atoms with Crippen LogP contribution in [0.15, 0.2) is 36.1 Å². The van der Waals surface area contributed by atoms with Gasteiger partial charge in [0.05, 0.1) is 0 Å². The highest BCUT2D eigenvalue weighted by Crippen LogP contribution is 2.10. The van der Waals surface area contributed by atoms with E-state index in [1.807, 2.05) is 27.0 Å². The van der Waals surface area contributed by atoms with E-state index in [0.29, 0.717) is 0 Å². The molecule has 0 atom stereocenters. The number of rotatable bonds is 3. The summed E-state index contributed by atoms with van der Waals surface area (Å²) in [5.74, 6) is 0. The number of nitrogens with one attached hydrogen (secondary N) is 1. The Morgan fingerprint density at radius 1 is 1.40 bits per heavy atom. The van der Waals surface area contributed by atoms with Crippen molar-refractivity contribution in [2.24, 2.45) is 0 Å². The normalized spacial score (nSPS) is 8.30. The molecule has 0 bridgehead atoms. The Balaban J connectivity index is 4.53. The van der Waals surface area contributed by atoms with Gasteiger partial charge in [-0.2, -0.15) is 0 Å². The molecule has 0 fully saturated rings. The van der Waals surface area contributed by atoms with Gasteiger partial charge in [-0.05, 0) is 19.4 Å². The summed E-state index contributed by atoms with van der Waals surface area (Å²) in [6.45, 7) is 11.6. The molecule has 0 aromatic rings. The van der Waals surface area contributed by atoms with Crippen molar-refractivity contribution in [3.63, 3.8) is 0 Å². The van der Waals surface area contributed by atoms with Crippen molar-refractivity contribution in [1.82, 2.24) is 5.32 Å². The lowest BCUT2D eigenvalue weighted by atomic mass is 10.1. The molecule has 56 valence electrons. The monoisotopic (exact) mass is 137 g/mol. The molecule has 0 aliphatic carbocycles. The summed E-state index contributed by atoms with van der Waals surface area (Å²) in [6.07, 6.45) is 1.81. The lowest BCUT2D eigenvalue weighted by Crippen LogP contribution is -2.06. The highest BCUT2D eigenvalue weighted by atomic mass is 14.8. The Morgan fingerprint density at radius 2 is 1.90 bits per heavy atom. The van der Waals surface area contributed by atoms with Gasteiger partial charge in [0, 0.05) is 12.7 Å². The molecule has 10 heavy (non-hydrogen) atoms. The van der Waals surface area contributed by atoms with Crippen molar-refractivity contribution in [3.05, 3.63) is 36.1 Å². The molecule has 0 aromatic heterocycles. The summed E-state index contributed by atoms with van der Waals surface area (Å²) >= 11 is 0. The molecule has 0 rings (SSSR count). The molecule has 1 heteroatoms. The van der Waals surface area contributed by atoms with Gasteiger partial charge in [-0.3, -0.25) is 0 Å². The molecule has 0 radical (unpaired) electrons. The van der Waals surface area contributed by atoms with Crippen LogP contribution in [0.4, 0.5) is 0 Å². The van der Waals surface area contributed by atoms with E-state index in [-0.39, 0.29) is 0 Å². The fourth-order valence-corrected chi connectivity index (χ4v) is 0.764. The second-order valence-corrected chi connectivity index (χ2v) is 2.35. The van der Waals surface area contributed by atoms with E-state index < -0.39 is 0 Å². The van der Waals surface area contributed by atoms with Gasteiger partial charge in [0.2, 0.25) is 0 Å².